The number of imidazole rings is 1. The first kappa shape index (κ1) is 20.0. The molecule has 2 aromatic heterocycles. The molecule has 5 rings (SSSR count). The van der Waals surface area contributed by atoms with Crippen LogP contribution in [0.15, 0.2) is 85.1 Å². The number of benzene rings is 2. The average Bonchev–Trinajstić information content (AvgIpc) is 3.49. The van der Waals surface area contributed by atoms with Crippen LogP contribution in [0.4, 0.5) is 5.69 Å². The Bertz CT molecular complexity index is 1270. The molecule has 0 bridgehead atoms. The Balaban J connectivity index is 1.54. The van der Waals surface area contributed by atoms with Gasteiger partial charge in [-0.25, -0.2) is 4.98 Å². The van der Waals surface area contributed by atoms with Gasteiger partial charge in [-0.2, -0.15) is 0 Å². The summed E-state index contributed by atoms with van der Waals surface area (Å²) in [6, 6.07) is 24.4. The third-order valence-corrected chi connectivity index (χ3v) is 6.06. The molecule has 1 saturated heterocycles. The fourth-order valence-corrected chi connectivity index (χ4v) is 4.41. The van der Waals surface area contributed by atoms with Crippen molar-refractivity contribution in [2.45, 2.75) is 18.9 Å². The van der Waals surface area contributed by atoms with Crippen molar-refractivity contribution in [1.82, 2.24) is 14.3 Å². The molecule has 0 N–H and O–H groups in total. The van der Waals surface area contributed by atoms with Crippen LogP contribution in [0.1, 0.15) is 45.6 Å². The summed E-state index contributed by atoms with van der Waals surface area (Å²) in [5.41, 5.74) is 2.61. The molecule has 1 aliphatic rings. The predicted octanol–water partition coefficient (Wildman–Crippen LogP) is 4.59. The van der Waals surface area contributed by atoms with E-state index < -0.39 is 0 Å². The van der Waals surface area contributed by atoms with E-state index in [2.05, 4.69) is 0 Å². The lowest BCUT2D eigenvalue weighted by Gasteiger charge is -2.24. The van der Waals surface area contributed by atoms with Crippen LogP contribution >= 0.6 is 0 Å². The third kappa shape index (κ3) is 3.43. The SMILES string of the molecule is CN(C(=O)c1nc([C@H]2CCCN2C(=O)c2ccccc2)n2ccccc12)c1ccccc1. The van der Waals surface area contributed by atoms with Crippen LogP contribution < -0.4 is 4.90 Å². The van der Waals surface area contributed by atoms with Gasteiger partial charge in [-0.05, 0) is 49.2 Å². The molecule has 0 aliphatic carbocycles. The molecule has 1 fully saturated rings. The number of fused-ring (bicyclic) bond motifs is 1. The van der Waals surface area contributed by atoms with Crippen LogP contribution in [0.2, 0.25) is 0 Å². The van der Waals surface area contributed by atoms with E-state index in [0.717, 1.165) is 29.9 Å². The normalized spacial score (nSPS) is 15.8. The van der Waals surface area contributed by atoms with Crippen LogP contribution in [-0.4, -0.2) is 39.7 Å². The molecule has 1 aliphatic heterocycles. The highest BCUT2D eigenvalue weighted by molar-refractivity contribution is 6.08. The van der Waals surface area contributed by atoms with Gasteiger partial charge in [-0.3, -0.25) is 9.59 Å². The quantitative estimate of drug-likeness (QED) is 0.482. The zero-order chi connectivity index (χ0) is 22.1. The lowest BCUT2D eigenvalue weighted by molar-refractivity contribution is 0.0729. The second kappa shape index (κ2) is 8.30. The summed E-state index contributed by atoms with van der Waals surface area (Å²) in [5, 5.41) is 0. The minimum atomic E-state index is -0.179. The van der Waals surface area contributed by atoms with Crippen LogP contribution in [0, 0.1) is 0 Å². The van der Waals surface area contributed by atoms with E-state index in [0.29, 0.717) is 17.8 Å². The van der Waals surface area contributed by atoms with Crippen molar-refractivity contribution in [2.24, 2.45) is 0 Å². The second-order valence-electron chi connectivity index (χ2n) is 8.00. The molecule has 0 spiro atoms. The fraction of sp³-hybridized carbons (Fsp3) is 0.192. The third-order valence-electron chi connectivity index (χ3n) is 6.06. The first-order valence-corrected chi connectivity index (χ1v) is 10.8. The van der Waals surface area contributed by atoms with Gasteiger partial charge in [0.1, 0.15) is 5.82 Å². The van der Waals surface area contributed by atoms with E-state index >= 15 is 0 Å². The number of aromatic nitrogens is 2. The minimum Gasteiger partial charge on any atom is -0.328 e. The zero-order valence-electron chi connectivity index (χ0n) is 17.9. The predicted molar refractivity (Wildman–Crippen MR) is 124 cm³/mol. The van der Waals surface area contributed by atoms with Crippen molar-refractivity contribution >= 4 is 23.0 Å². The standard InChI is InChI=1S/C26H24N4O2/c1-28(20-13-6-3-7-14-20)26(32)23-21-15-8-9-17-29(21)24(27-23)22-16-10-18-30(22)25(31)19-11-4-2-5-12-19/h2-9,11-15,17,22H,10,16,18H2,1H3/t22-/m1/s1. The van der Waals surface area contributed by atoms with Crippen molar-refractivity contribution in [3.63, 3.8) is 0 Å². The number of pyridine rings is 1. The maximum Gasteiger partial charge on any atom is 0.278 e. The molecule has 160 valence electrons. The molecule has 3 heterocycles. The van der Waals surface area contributed by atoms with Crippen LogP contribution in [-0.2, 0) is 0 Å². The number of hydrogen-bond acceptors (Lipinski definition) is 3. The smallest absolute Gasteiger partial charge is 0.278 e. The van der Waals surface area contributed by atoms with Gasteiger partial charge in [0.2, 0.25) is 0 Å². The Morgan fingerprint density at radius 1 is 0.938 bits per heavy atom. The highest BCUT2D eigenvalue weighted by Crippen LogP contribution is 2.34. The Kier molecular flexibility index (Phi) is 5.19. The number of nitrogens with zero attached hydrogens (tertiary/aromatic N) is 4. The highest BCUT2D eigenvalue weighted by atomic mass is 16.2. The number of likely N-dealkylation sites (tertiary alicyclic amines) is 1. The number of carbonyl (C=O) groups is 2. The molecule has 6 nitrogen and oxygen atoms in total. The largest absolute Gasteiger partial charge is 0.328 e. The Morgan fingerprint density at radius 3 is 2.38 bits per heavy atom. The maximum atomic E-state index is 13.4. The monoisotopic (exact) mass is 424 g/mol. The first-order valence-electron chi connectivity index (χ1n) is 10.8. The molecule has 1 atom stereocenters. The lowest BCUT2D eigenvalue weighted by atomic mass is 10.1. The number of carbonyl (C=O) groups excluding carboxylic acids is 2. The second-order valence-corrected chi connectivity index (χ2v) is 8.00. The molecule has 6 heteroatoms. The number of amides is 2. The van der Waals surface area contributed by atoms with E-state index in [4.69, 9.17) is 4.98 Å². The summed E-state index contributed by atoms with van der Waals surface area (Å²) in [5.74, 6) is 0.548. The van der Waals surface area contributed by atoms with Crippen molar-refractivity contribution in [2.75, 3.05) is 18.5 Å². The minimum absolute atomic E-state index is 0.00457. The lowest BCUT2D eigenvalue weighted by Crippen LogP contribution is -2.31. The molecule has 2 amide bonds. The van der Waals surface area contributed by atoms with Crippen molar-refractivity contribution in [3.8, 4) is 0 Å². The molecular weight excluding hydrogens is 400 g/mol. The van der Waals surface area contributed by atoms with E-state index in [1.54, 1.807) is 11.9 Å². The summed E-state index contributed by atoms with van der Waals surface area (Å²) >= 11 is 0. The van der Waals surface area contributed by atoms with Gasteiger partial charge in [0, 0.05) is 31.0 Å². The number of anilines is 1. The van der Waals surface area contributed by atoms with Gasteiger partial charge >= 0.3 is 0 Å². The first-order chi connectivity index (χ1) is 15.6. The van der Waals surface area contributed by atoms with Gasteiger partial charge in [0.15, 0.2) is 5.69 Å². The fourth-order valence-electron chi connectivity index (χ4n) is 4.41. The Morgan fingerprint density at radius 2 is 1.62 bits per heavy atom. The van der Waals surface area contributed by atoms with E-state index in [1.165, 1.54) is 0 Å². The van der Waals surface area contributed by atoms with Crippen LogP contribution in [0.25, 0.3) is 5.52 Å². The van der Waals surface area contributed by atoms with E-state index in [9.17, 15) is 9.59 Å². The maximum absolute atomic E-state index is 13.4. The molecule has 32 heavy (non-hydrogen) atoms. The van der Waals surface area contributed by atoms with Gasteiger partial charge < -0.3 is 14.2 Å². The number of rotatable bonds is 4. The Labute approximate surface area is 186 Å². The van der Waals surface area contributed by atoms with E-state index in [-0.39, 0.29) is 17.9 Å². The molecule has 0 radical (unpaired) electrons. The number of para-hydroxylation sites is 1. The summed E-state index contributed by atoms with van der Waals surface area (Å²) < 4.78 is 1.95. The highest BCUT2D eigenvalue weighted by Gasteiger charge is 2.35. The average molecular weight is 425 g/mol. The van der Waals surface area contributed by atoms with Gasteiger partial charge in [-0.15, -0.1) is 0 Å². The van der Waals surface area contributed by atoms with Crippen LogP contribution in [0.3, 0.4) is 0 Å². The van der Waals surface area contributed by atoms with Crippen LogP contribution in [0.5, 0.6) is 0 Å². The summed E-state index contributed by atoms with van der Waals surface area (Å²) in [6.45, 7) is 0.674. The molecule has 4 aromatic rings. The van der Waals surface area contributed by atoms with Gasteiger partial charge in [-0.1, -0.05) is 42.5 Å². The summed E-state index contributed by atoms with van der Waals surface area (Å²) in [6.07, 6.45) is 3.63. The zero-order valence-corrected chi connectivity index (χ0v) is 17.9. The van der Waals surface area contributed by atoms with E-state index in [1.807, 2.05) is 94.4 Å². The number of hydrogen-bond donors (Lipinski definition) is 0. The van der Waals surface area contributed by atoms with Gasteiger partial charge in [0.05, 0.1) is 11.6 Å². The molecular formula is C26H24N4O2. The molecule has 2 aromatic carbocycles. The summed E-state index contributed by atoms with van der Waals surface area (Å²) in [4.78, 5) is 34.9. The Hall–Kier alpha value is -3.93. The van der Waals surface area contributed by atoms with Gasteiger partial charge in [0.25, 0.3) is 11.8 Å². The van der Waals surface area contributed by atoms with Crippen molar-refractivity contribution in [1.29, 1.82) is 0 Å². The molecule has 0 saturated carbocycles. The molecule has 0 unspecified atom stereocenters. The summed E-state index contributed by atoms with van der Waals surface area (Å²) in [7, 11) is 1.76. The van der Waals surface area contributed by atoms with Crippen molar-refractivity contribution < 1.29 is 9.59 Å². The topological polar surface area (TPSA) is 57.9 Å². The van der Waals surface area contributed by atoms with Crippen molar-refractivity contribution in [3.05, 3.63) is 102 Å².